The molecule has 3 atom stereocenters. The summed E-state index contributed by atoms with van der Waals surface area (Å²) in [5.41, 5.74) is 2.28. The van der Waals surface area contributed by atoms with Crippen molar-refractivity contribution in [2.75, 3.05) is 25.1 Å². The third kappa shape index (κ3) is 4.69. The first kappa shape index (κ1) is 19.4. The van der Waals surface area contributed by atoms with Gasteiger partial charge in [-0.05, 0) is 43.4 Å². The number of para-hydroxylation sites is 1. The minimum absolute atomic E-state index is 0.142. The number of hydrogen-bond acceptors (Lipinski definition) is 3. The number of amides is 1. The summed E-state index contributed by atoms with van der Waals surface area (Å²) < 4.78 is 5.11. The Morgan fingerprint density at radius 1 is 1.07 bits per heavy atom. The van der Waals surface area contributed by atoms with Crippen LogP contribution in [-0.4, -0.2) is 43.3 Å². The van der Waals surface area contributed by atoms with Crippen LogP contribution in [0.4, 0.5) is 10.5 Å². The standard InChI is InChI=1S/C23H30N2O2/c1-18-17-24(15-14-20-10-6-4-7-11-20)19(2)16-22(18)25(23(26)27-3)21-12-8-5-9-13-21/h4-13,18-19,22H,14-17H2,1-3H3. The Labute approximate surface area is 162 Å². The molecule has 4 heteroatoms. The molecule has 2 aromatic rings. The maximum Gasteiger partial charge on any atom is 0.414 e. The summed E-state index contributed by atoms with van der Waals surface area (Å²) >= 11 is 0. The molecule has 1 fully saturated rings. The largest absolute Gasteiger partial charge is 0.452 e. The molecule has 3 rings (SSSR count). The fourth-order valence-electron chi connectivity index (χ4n) is 4.11. The van der Waals surface area contributed by atoms with E-state index in [2.05, 4.69) is 49.1 Å². The first-order valence-electron chi connectivity index (χ1n) is 9.80. The zero-order chi connectivity index (χ0) is 19.2. The van der Waals surface area contributed by atoms with Gasteiger partial charge in [0.25, 0.3) is 0 Å². The van der Waals surface area contributed by atoms with E-state index in [0.29, 0.717) is 12.0 Å². The molecular formula is C23H30N2O2. The second-order valence-corrected chi connectivity index (χ2v) is 7.54. The fraction of sp³-hybridized carbons (Fsp3) is 0.435. The van der Waals surface area contributed by atoms with Crippen LogP contribution in [0.15, 0.2) is 60.7 Å². The molecule has 1 amide bonds. The molecule has 144 valence electrons. The average molecular weight is 367 g/mol. The first-order chi connectivity index (χ1) is 13.1. The van der Waals surface area contributed by atoms with E-state index in [1.54, 1.807) is 0 Å². The molecule has 0 saturated carbocycles. The number of piperidine rings is 1. The molecule has 0 aromatic heterocycles. The number of anilines is 1. The summed E-state index contributed by atoms with van der Waals surface area (Å²) in [6, 6.07) is 21.1. The van der Waals surface area contributed by atoms with Crippen molar-refractivity contribution in [2.45, 2.75) is 38.8 Å². The van der Waals surface area contributed by atoms with Gasteiger partial charge in [-0.15, -0.1) is 0 Å². The Kier molecular flexibility index (Phi) is 6.51. The highest BCUT2D eigenvalue weighted by atomic mass is 16.5. The summed E-state index contributed by atoms with van der Waals surface area (Å²) in [6.07, 6.45) is 1.73. The molecule has 4 nitrogen and oxygen atoms in total. The monoisotopic (exact) mass is 366 g/mol. The van der Waals surface area contributed by atoms with Crippen LogP contribution in [0.2, 0.25) is 0 Å². The van der Waals surface area contributed by atoms with Gasteiger partial charge in [-0.3, -0.25) is 9.80 Å². The van der Waals surface area contributed by atoms with Gasteiger partial charge in [0.1, 0.15) is 0 Å². The first-order valence-corrected chi connectivity index (χ1v) is 9.80. The molecular weight excluding hydrogens is 336 g/mol. The van der Waals surface area contributed by atoms with Gasteiger partial charge in [0.05, 0.1) is 7.11 Å². The van der Waals surface area contributed by atoms with E-state index in [4.69, 9.17) is 4.74 Å². The quantitative estimate of drug-likeness (QED) is 0.775. The molecule has 1 aliphatic rings. The van der Waals surface area contributed by atoms with Crippen molar-refractivity contribution >= 4 is 11.8 Å². The van der Waals surface area contributed by atoms with Crippen molar-refractivity contribution in [3.05, 3.63) is 66.2 Å². The van der Waals surface area contributed by atoms with Gasteiger partial charge in [0.2, 0.25) is 0 Å². The number of ether oxygens (including phenoxy) is 1. The lowest BCUT2D eigenvalue weighted by Gasteiger charge is -2.45. The fourth-order valence-corrected chi connectivity index (χ4v) is 4.11. The Hall–Kier alpha value is -2.33. The second-order valence-electron chi connectivity index (χ2n) is 7.54. The maximum atomic E-state index is 12.5. The lowest BCUT2D eigenvalue weighted by Crippen LogP contribution is -2.55. The van der Waals surface area contributed by atoms with Crippen molar-refractivity contribution < 1.29 is 9.53 Å². The molecule has 0 aliphatic carbocycles. The summed E-state index contributed by atoms with van der Waals surface area (Å²) in [5.74, 6) is 0.372. The van der Waals surface area contributed by atoms with Gasteiger partial charge in [-0.25, -0.2) is 4.79 Å². The Morgan fingerprint density at radius 3 is 2.33 bits per heavy atom. The predicted octanol–water partition coefficient (Wildman–Crippen LogP) is 4.60. The van der Waals surface area contributed by atoms with Crippen molar-refractivity contribution in [2.24, 2.45) is 5.92 Å². The third-order valence-corrected chi connectivity index (χ3v) is 5.65. The minimum atomic E-state index is -0.275. The van der Waals surface area contributed by atoms with Crippen molar-refractivity contribution in [3.63, 3.8) is 0 Å². The summed E-state index contributed by atoms with van der Waals surface area (Å²) in [5, 5.41) is 0. The van der Waals surface area contributed by atoms with Crippen LogP contribution < -0.4 is 4.90 Å². The zero-order valence-corrected chi connectivity index (χ0v) is 16.5. The van der Waals surface area contributed by atoms with Crippen LogP contribution in [-0.2, 0) is 11.2 Å². The zero-order valence-electron chi connectivity index (χ0n) is 16.5. The summed E-state index contributed by atoms with van der Waals surface area (Å²) in [7, 11) is 1.46. The predicted molar refractivity (Wildman–Crippen MR) is 110 cm³/mol. The number of hydrogen-bond donors (Lipinski definition) is 0. The SMILES string of the molecule is COC(=O)N(c1ccccc1)C1CC(C)N(CCc2ccccc2)CC1C. The van der Waals surface area contributed by atoms with Gasteiger partial charge < -0.3 is 4.74 Å². The van der Waals surface area contributed by atoms with Gasteiger partial charge in [-0.1, -0.05) is 55.5 Å². The number of likely N-dealkylation sites (tertiary alicyclic amines) is 1. The number of carbonyl (C=O) groups excluding carboxylic acids is 1. The van der Waals surface area contributed by atoms with Crippen molar-refractivity contribution in [1.29, 1.82) is 0 Å². The normalized spacial score (nSPS) is 23.0. The molecule has 3 unspecified atom stereocenters. The van der Waals surface area contributed by atoms with E-state index in [1.165, 1.54) is 12.7 Å². The number of carbonyl (C=O) groups is 1. The van der Waals surface area contributed by atoms with Crippen LogP contribution >= 0.6 is 0 Å². The van der Waals surface area contributed by atoms with Crippen LogP contribution in [0.3, 0.4) is 0 Å². The second kappa shape index (κ2) is 9.05. The number of rotatable bonds is 5. The molecule has 1 aliphatic heterocycles. The third-order valence-electron chi connectivity index (χ3n) is 5.65. The average Bonchev–Trinajstić information content (AvgIpc) is 2.71. The van der Waals surface area contributed by atoms with Crippen LogP contribution in [0, 0.1) is 5.92 Å². The lowest BCUT2D eigenvalue weighted by atomic mass is 9.87. The summed E-state index contributed by atoms with van der Waals surface area (Å²) in [4.78, 5) is 16.9. The Bertz CT molecular complexity index is 720. The van der Waals surface area contributed by atoms with Crippen LogP contribution in [0.1, 0.15) is 25.8 Å². The number of benzene rings is 2. The Morgan fingerprint density at radius 2 is 1.70 bits per heavy atom. The smallest absolute Gasteiger partial charge is 0.414 e. The molecule has 0 radical (unpaired) electrons. The van der Waals surface area contributed by atoms with Gasteiger partial charge >= 0.3 is 6.09 Å². The highest BCUT2D eigenvalue weighted by Crippen LogP contribution is 2.30. The molecule has 0 bridgehead atoms. The Balaban J connectivity index is 1.70. The van der Waals surface area contributed by atoms with E-state index in [1.807, 2.05) is 35.2 Å². The van der Waals surface area contributed by atoms with Crippen molar-refractivity contribution in [3.8, 4) is 0 Å². The minimum Gasteiger partial charge on any atom is -0.452 e. The molecule has 1 saturated heterocycles. The molecule has 0 spiro atoms. The van der Waals surface area contributed by atoms with E-state index >= 15 is 0 Å². The molecule has 0 N–H and O–H groups in total. The topological polar surface area (TPSA) is 32.8 Å². The molecule has 1 heterocycles. The van der Waals surface area contributed by atoms with E-state index in [9.17, 15) is 4.79 Å². The lowest BCUT2D eigenvalue weighted by molar-refractivity contribution is 0.102. The molecule has 27 heavy (non-hydrogen) atoms. The van der Waals surface area contributed by atoms with E-state index < -0.39 is 0 Å². The van der Waals surface area contributed by atoms with E-state index in [0.717, 1.165) is 31.6 Å². The van der Waals surface area contributed by atoms with E-state index in [-0.39, 0.29) is 12.1 Å². The summed E-state index contributed by atoms with van der Waals surface area (Å²) in [6.45, 7) is 6.54. The number of methoxy groups -OCH3 is 1. The van der Waals surface area contributed by atoms with Gasteiger partial charge in [0.15, 0.2) is 0 Å². The van der Waals surface area contributed by atoms with Gasteiger partial charge in [0, 0.05) is 30.9 Å². The van der Waals surface area contributed by atoms with Crippen LogP contribution in [0.25, 0.3) is 0 Å². The van der Waals surface area contributed by atoms with Gasteiger partial charge in [-0.2, -0.15) is 0 Å². The highest BCUT2D eigenvalue weighted by molar-refractivity contribution is 5.88. The van der Waals surface area contributed by atoms with Crippen LogP contribution in [0.5, 0.6) is 0 Å². The molecule has 2 aromatic carbocycles. The number of nitrogens with zero attached hydrogens (tertiary/aromatic N) is 2. The highest BCUT2D eigenvalue weighted by Gasteiger charge is 2.37. The maximum absolute atomic E-state index is 12.5. The van der Waals surface area contributed by atoms with Crippen molar-refractivity contribution in [1.82, 2.24) is 4.90 Å².